The first-order valence-corrected chi connectivity index (χ1v) is 7.84. The van der Waals surface area contributed by atoms with Crippen molar-refractivity contribution in [3.05, 3.63) is 90.8 Å². The zero-order valence-corrected chi connectivity index (χ0v) is 12.9. The van der Waals surface area contributed by atoms with E-state index in [1.165, 1.54) is 0 Å². The maximum atomic E-state index is 12.7. The lowest BCUT2D eigenvalue weighted by Gasteiger charge is -2.46. The average Bonchev–Trinajstić information content (AvgIpc) is 2.66. The third-order valence-corrected chi connectivity index (χ3v) is 4.13. The van der Waals surface area contributed by atoms with Crippen LogP contribution in [0.3, 0.4) is 0 Å². The molecule has 1 saturated heterocycles. The summed E-state index contributed by atoms with van der Waals surface area (Å²) in [6.07, 6.45) is 2.94. The van der Waals surface area contributed by atoms with Gasteiger partial charge in [-0.2, -0.15) is 0 Å². The highest BCUT2D eigenvalue weighted by Crippen LogP contribution is 2.40. The molecule has 118 valence electrons. The molecule has 0 aliphatic carbocycles. The van der Waals surface area contributed by atoms with E-state index in [1.807, 2.05) is 72.8 Å². The molecule has 3 aromatic rings. The molecule has 4 nitrogen and oxygen atoms in total. The highest BCUT2D eigenvalue weighted by molar-refractivity contribution is 6.05. The number of rotatable bonds is 4. The van der Waals surface area contributed by atoms with Crippen molar-refractivity contribution in [3.8, 4) is 5.75 Å². The second-order valence-electron chi connectivity index (χ2n) is 5.62. The van der Waals surface area contributed by atoms with E-state index < -0.39 is 6.10 Å². The predicted molar refractivity (Wildman–Crippen MR) is 91.8 cm³/mol. The number of nitrogens with zero attached hydrogens (tertiary/aromatic N) is 2. The van der Waals surface area contributed by atoms with Crippen molar-refractivity contribution in [1.29, 1.82) is 0 Å². The van der Waals surface area contributed by atoms with Crippen LogP contribution in [0.4, 0.5) is 5.69 Å². The Morgan fingerprint density at radius 3 is 2.12 bits per heavy atom. The third-order valence-electron chi connectivity index (χ3n) is 4.13. The number of hydrogen-bond acceptors (Lipinski definition) is 3. The van der Waals surface area contributed by atoms with Gasteiger partial charge >= 0.3 is 0 Å². The zero-order valence-electron chi connectivity index (χ0n) is 12.9. The monoisotopic (exact) mass is 316 g/mol. The van der Waals surface area contributed by atoms with Crippen LogP contribution in [-0.2, 0) is 4.79 Å². The number of amides is 1. The molecule has 1 amide bonds. The summed E-state index contributed by atoms with van der Waals surface area (Å²) in [6.45, 7) is 0. The number of benzene rings is 2. The van der Waals surface area contributed by atoms with Crippen LogP contribution in [-0.4, -0.2) is 17.0 Å². The van der Waals surface area contributed by atoms with E-state index in [-0.39, 0.29) is 11.9 Å². The number of hydrogen-bond donors (Lipinski definition) is 0. The standard InChI is InChI=1S/C20H16N2O2/c23-20-19(24-17-9-5-2-6-10-17)18(15-11-13-21-14-12-15)22(20)16-7-3-1-4-8-16/h1-14,18-19H. The van der Waals surface area contributed by atoms with Gasteiger partial charge in [0.25, 0.3) is 5.91 Å². The summed E-state index contributed by atoms with van der Waals surface area (Å²) in [5.74, 6) is 0.662. The molecule has 0 bridgehead atoms. The molecule has 4 heteroatoms. The molecule has 0 spiro atoms. The van der Waals surface area contributed by atoms with Crippen molar-refractivity contribution in [2.24, 2.45) is 0 Å². The van der Waals surface area contributed by atoms with E-state index in [0.29, 0.717) is 5.75 Å². The molecule has 0 saturated carbocycles. The number of carbonyl (C=O) groups excluding carboxylic acids is 1. The molecule has 2 unspecified atom stereocenters. The van der Waals surface area contributed by atoms with Gasteiger partial charge in [0.2, 0.25) is 6.10 Å². The van der Waals surface area contributed by atoms with Gasteiger partial charge in [-0.1, -0.05) is 36.4 Å². The summed E-state index contributed by atoms with van der Waals surface area (Å²) in [4.78, 5) is 18.6. The summed E-state index contributed by atoms with van der Waals surface area (Å²) in [5.41, 5.74) is 1.88. The first kappa shape index (κ1) is 14.5. The Bertz CT molecular complexity index is 822. The molecular weight excluding hydrogens is 300 g/mol. The van der Waals surface area contributed by atoms with Crippen molar-refractivity contribution < 1.29 is 9.53 Å². The Labute approximate surface area is 140 Å². The van der Waals surface area contributed by atoms with Gasteiger partial charge in [-0.3, -0.25) is 14.7 Å². The Morgan fingerprint density at radius 1 is 0.833 bits per heavy atom. The van der Waals surface area contributed by atoms with E-state index in [1.54, 1.807) is 17.3 Å². The van der Waals surface area contributed by atoms with Gasteiger partial charge in [-0.25, -0.2) is 0 Å². The van der Waals surface area contributed by atoms with Crippen LogP contribution in [0.2, 0.25) is 0 Å². The van der Waals surface area contributed by atoms with Crippen LogP contribution in [0.5, 0.6) is 5.75 Å². The Kier molecular flexibility index (Phi) is 3.71. The minimum Gasteiger partial charge on any atom is -0.478 e. The van der Waals surface area contributed by atoms with E-state index >= 15 is 0 Å². The lowest BCUT2D eigenvalue weighted by molar-refractivity contribution is -0.135. The van der Waals surface area contributed by atoms with Crippen molar-refractivity contribution in [2.45, 2.75) is 12.1 Å². The number of para-hydroxylation sites is 2. The van der Waals surface area contributed by atoms with Crippen LogP contribution < -0.4 is 9.64 Å². The molecule has 4 rings (SSSR count). The van der Waals surface area contributed by atoms with E-state index in [0.717, 1.165) is 11.3 Å². The van der Waals surface area contributed by atoms with Gasteiger partial charge < -0.3 is 4.74 Å². The smallest absolute Gasteiger partial charge is 0.271 e. The summed E-state index contributed by atoms with van der Waals surface area (Å²) in [7, 11) is 0. The number of pyridine rings is 1. The van der Waals surface area contributed by atoms with Crippen LogP contribution in [0.1, 0.15) is 11.6 Å². The first-order valence-electron chi connectivity index (χ1n) is 7.84. The number of β-lactam (4-membered cyclic amide) rings is 1. The Hall–Kier alpha value is -3.14. The summed E-state index contributed by atoms with van der Waals surface area (Å²) in [6, 6.07) is 22.8. The van der Waals surface area contributed by atoms with E-state index in [2.05, 4.69) is 4.98 Å². The second kappa shape index (κ2) is 6.16. The molecule has 1 aromatic heterocycles. The summed E-state index contributed by atoms with van der Waals surface area (Å²) < 4.78 is 5.97. The lowest BCUT2D eigenvalue weighted by atomic mass is 9.90. The predicted octanol–water partition coefficient (Wildman–Crippen LogP) is 3.62. The lowest BCUT2D eigenvalue weighted by Crippen LogP contribution is -2.61. The number of carbonyl (C=O) groups is 1. The zero-order chi connectivity index (χ0) is 16.4. The van der Waals surface area contributed by atoms with Crippen LogP contribution in [0, 0.1) is 0 Å². The fourth-order valence-corrected chi connectivity index (χ4v) is 2.98. The molecule has 0 radical (unpaired) electrons. The highest BCUT2D eigenvalue weighted by atomic mass is 16.5. The number of anilines is 1. The van der Waals surface area contributed by atoms with Crippen molar-refractivity contribution in [2.75, 3.05) is 4.90 Å². The fourth-order valence-electron chi connectivity index (χ4n) is 2.98. The third kappa shape index (κ3) is 2.52. The SMILES string of the molecule is O=C1C(Oc2ccccc2)C(c2ccncc2)N1c1ccccc1. The first-order chi connectivity index (χ1) is 11.8. The molecule has 1 aliphatic rings. The van der Waals surface area contributed by atoms with Crippen LogP contribution in [0.25, 0.3) is 0 Å². The maximum Gasteiger partial charge on any atom is 0.271 e. The quantitative estimate of drug-likeness (QED) is 0.690. The van der Waals surface area contributed by atoms with Crippen molar-refractivity contribution >= 4 is 11.6 Å². The molecule has 1 aliphatic heterocycles. The topological polar surface area (TPSA) is 42.4 Å². The Balaban J connectivity index is 1.68. The fraction of sp³-hybridized carbons (Fsp3) is 0.100. The largest absolute Gasteiger partial charge is 0.478 e. The highest BCUT2D eigenvalue weighted by Gasteiger charge is 2.50. The minimum atomic E-state index is -0.532. The number of aromatic nitrogens is 1. The van der Waals surface area contributed by atoms with Gasteiger partial charge in [-0.05, 0) is 42.0 Å². The molecule has 2 aromatic carbocycles. The van der Waals surface area contributed by atoms with Gasteiger partial charge in [0.05, 0.1) is 0 Å². The van der Waals surface area contributed by atoms with Gasteiger partial charge in [-0.15, -0.1) is 0 Å². The molecule has 2 heterocycles. The molecular formula is C20H16N2O2. The molecule has 2 atom stereocenters. The van der Waals surface area contributed by atoms with E-state index in [4.69, 9.17) is 4.74 Å². The molecule has 24 heavy (non-hydrogen) atoms. The van der Waals surface area contributed by atoms with Crippen molar-refractivity contribution in [1.82, 2.24) is 4.98 Å². The minimum absolute atomic E-state index is 0.0353. The molecule has 0 N–H and O–H groups in total. The normalized spacial score (nSPS) is 19.7. The molecule has 1 fully saturated rings. The van der Waals surface area contributed by atoms with Gasteiger partial charge in [0, 0.05) is 18.1 Å². The second-order valence-corrected chi connectivity index (χ2v) is 5.62. The average molecular weight is 316 g/mol. The van der Waals surface area contributed by atoms with Crippen LogP contribution in [0.15, 0.2) is 85.2 Å². The summed E-state index contributed by atoms with van der Waals surface area (Å²) >= 11 is 0. The van der Waals surface area contributed by atoms with Gasteiger partial charge in [0.1, 0.15) is 11.8 Å². The Morgan fingerprint density at radius 2 is 1.46 bits per heavy atom. The maximum absolute atomic E-state index is 12.7. The van der Waals surface area contributed by atoms with Gasteiger partial charge in [0.15, 0.2) is 0 Å². The van der Waals surface area contributed by atoms with E-state index in [9.17, 15) is 4.79 Å². The summed E-state index contributed by atoms with van der Waals surface area (Å²) in [5, 5.41) is 0. The number of ether oxygens (including phenoxy) is 1. The van der Waals surface area contributed by atoms with Crippen molar-refractivity contribution in [3.63, 3.8) is 0 Å². The van der Waals surface area contributed by atoms with Crippen LogP contribution >= 0.6 is 0 Å².